The minimum atomic E-state index is -0.511. The number of thiazole rings is 1. The predicted octanol–water partition coefficient (Wildman–Crippen LogP) is 4.54. The Balaban J connectivity index is 1.31. The van der Waals surface area contributed by atoms with E-state index in [1.807, 2.05) is 24.3 Å². The summed E-state index contributed by atoms with van der Waals surface area (Å²) in [6.07, 6.45) is 5.53. The van der Waals surface area contributed by atoms with Gasteiger partial charge in [0.25, 0.3) is 0 Å². The fourth-order valence-electron chi connectivity index (χ4n) is 3.37. The van der Waals surface area contributed by atoms with Crippen LogP contribution in [0.1, 0.15) is 19.0 Å². The number of carbonyl (C=O) groups is 2. The van der Waals surface area contributed by atoms with Gasteiger partial charge in [-0.15, -0.1) is 11.3 Å². The first kappa shape index (κ1) is 22.3. The number of para-hydroxylation sites is 3. The van der Waals surface area contributed by atoms with Crippen molar-refractivity contribution < 1.29 is 14.0 Å². The number of halogens is 1. The van der Waals surface area contributed by atoms with Crippen molar-refractivity contribution in [1.29, 1.82) is 0 Å². The maximum Gasteiger partial charge on any atom is 0.244 e. The number of aryl methyl sites for hydroxylation is 1. The number of nitrogens with zero attached hydrogens (tertiary/aromatic N) is 4. The van der Waals surface area contributed by atoms with E-state index in [0.717, 1.165) is 24.0 Å². The highest BCUT2D eigenvalue weighted by molar-refractivity contribution is 7.14. The zero-order chi connectivity index (χ0) is 23.2. The highest BCUT2D eigenvalue weighted by Gasteiger charge is 2.20. The second-order valence-electron chi connectivity index (χ2n) is 7.27. The number of imidazole rings is 1. The number of carbonyl (C=O) groups excluding carboxylic acids is 2. The van der Waals surface area contributed by atoms with Crippen molar-refractivity contribution in [2.24, 2.45) is 0 Å². The molecule has 0 bridgehead atoms. The van der Waals surface area contributed by atoms with Gasteiger partial charge in [0.1, 0.15) is 5.82 Å². The molecular weight excluding hydrogens is 441 g/mol. The van der Waals surface area contributed by atoms with Crippen LogP contribution in [0.2, 0.25) is 0 Å². The third-order valence-corrected chi connectivity index (χ3v) is 5.76. The molecule has 33 heavy (non-hydrogen) atoms. The van der Waals surface area contributed by atoms with Crippen molar-refractivity contribution in [3.8, 4) is 0 Å². The standard InChI is InChI=1S/C24H22FN5O2S/c1-17(31)30(21-9-4-2-7-19(21)25)24-28-18(15-33-24)11-12-23(32)26-13-6-14-29-16-27-20-8-3-5-10-22(20)29/h2-5,7-12,15-16H,6,13-14H2,1H3,(H,26,32)/b12-11+. The molecule has 4 aromatic rings. The quantitative estimate of drug-likeness (QED) is 0.307. The molecule has 0 radical (unpaired) electrons. The van der Waals surface area contributed by atoms with E-state index in [9.17, 15) is 14.0 Å². The second kappa shape index (κ2) is 10.2. The first-order chi connectivity index (χ1) is 16.0. The number of benzene rings is 2. The maximum atomic E-state index is 14.2. The van der Waals surface area contributed by atoms with Crippen LogP contribution in [0.15, 0.2) is 66.3 Å². The van der Waals surface area contributed by atoms with Crippen molar-refractivity contribution in [3.05, 3.63) is 77.8 Å². The molecule has 7 nitrogen and oxygen atoms in total. The van der Waals surface area contributed by atoms with Gasteiger partial charge in [0.2, 0.25) is 11.8 Å². The Morgan fingerprint density at radius 2 is 1.97 bits per heavy atom. The smallest absolute Gasteiger partial charge is 0.244 e. The molecule has 2 aromatic carbocycles. The zero-order valence-corrected chi connectivity index (χ0v) is 18.8. The van der Waals surface area contributed by atoms with Gasteiger partial charge >= 0.3 is 0 Å². The molecule has 0 spiro atoms. The Morgan fingerprint density at radius 1 is 1.18 bits per heavy atom. The molecule has 0 fully saturated rings. The molecule has 0 aliphatic carbocycles. The van der Waals surface area contributed by atoms with Gasteiger partial charge in [-0.3, -0.25) is 14.5 Å². The van der Waals surface area contributed by atoms with E-state index in [0.29, 0.717) is 17.4 Å². The molecule has 168 valence electrons. The molecule has 2 heterocycles. The number of aromatic nitrogens is 3. The molecule has 0 atom stereocenters. The maximum absolute atomic E-state index is 14.2. The van der Waals surface area contributed by atoms with Gasteiger partial charge in [-0.05, 0) is 36.8 Å². The summed E-state index contributed by atoms with van der Waals surface area (Å²) in [5.41, 5.74) is 2.67. The molecular formula is C24H22FN5O2S. The summed E-state index contributed by atoms with van der Waals surface area (Å²) in [5, 5.41) is 4.89. The highest BCUT2D eigenvalue weighted by atomic mass is 32.1. The normalized spacial score (nSPS) is 11.2. The van der Waals surface area contributed by atoms with Gasteiger partial charge in [0.05, 0.1) is 28.7 Å². The molecule has 0 unspecified atom stereocenters. The Morgan fingerprint density at radius 3 is 2.79 bits per heavy atom. The van der Waals surface area contributed by atoms with Crippen LogP contribution in [0.3, 0.4) is 0 Å². The molecule has 2 amide bonds. The third kappa shape index (κ3) is 5.32. The number of anilines is 2. The molecule has 9 heteroatoms. The van der Waals surface area contributed by atoms with E-state index < -0.39 is 5.82 Å². The Kier molecular flexibility index (Phi) is 6.89. The first-order valence-electron chi connectivity index (χ1n) is 10.4. The van der Waals surface area contributed by atoms with E-state index in [2.05, 4.69) is 19.9 Å². The topological polar surface area (TPSA) is 80.1 Å². The summed E-state index contributed by atoms with van der Waals surface area (Å²) in [5.74, 6) is -1.10. The summed E-state index contributed by atoms with van der Waals surface area (Å²) in [6, 6.07) is 13.9. The number of fused-ring (bicyclic) bond motifs is 1. The summed E-state index contributed by atoms with van der Waals surface area (Å²) in [7, 11) is 0. The first-order valence-corrected chi connectivity index (χ1v) is 11.3. The summed E-state index contributed by atoms with van der Waals surface area (Å²) >= 11 is 1.20. The third-order valence-electron chi connectivity index (χ3n) is 4.92. The van der Waals surface area contributed by atoms with Crippen LogP contribution in [0.4, 0.5) is 15.2 Å². The van der Waals surface area contributed by atoms with Crippen LogP contribution >= 0.6 is 11.3 Å². The number of amides is 2. The van der Waals surface area contributed by atoms with Gasteiger partial charge in [-0.2, -0.15) is 0 Å². The molecule has 0 aliphatic rings. The van der Waals surface area contributed by atoms with Crippen molar-refractivity contribution in [3.63, 3.8) is 0 Å². The van der Waals surface area contributed by atoms with Gasteiger partial charge in [0.15, 0.2) is 5.13 Å². The van der Waals surface area contributed by atoms with Gasteiger partial charge in [0, 0.05) is 31.5 Å². The molecule has 1 N–H and O–H groups in total. The van der Waals surface area contributed by atoms with Crippen molar-refractivity contribution in [2.45, 2.75) is 19.9 Å². The zero-order valence-electron chi connectivity index (χ0n) is 17.9. The minimum Gasteiger partial charge on any atom is -0.352 e. The number of rotatable bonds is 8. The second-order valence-corrected chi connectivity index (χ2v) is 8.10. The van der Waals surface area contributed by atoms with E-state index in [-0.39, 0.29) is 17.5 Å². The van der Waals surface area contributed by atoms with Gasteiger partial charge in [-0.1, -0.05) is 24.3 Å². The monoisotopic (exact) mass is 463 g/mol. The van der Waals surface area contributed by atoms with Crippen molar-refractivity contribution in [1.82, 2.24) is 19.9 Å². The molecule has 4 rings (SSSR count). The van der Waals surface area contributed by atoms with Crippen molar-refractivity contribution in [2.75, 3.05) is 11.4 Å². The lowest BCUT2D eigenvalue weighted by molar-refractivity contribution is -0.117. The lowest BCUT2D eigenvalue weighted by Gasteiger charge is -2.18. The van der Waals surface area contributed by atoms with E-state index in [4.69, 9.17) is 0 Å². The van der Waals surface area contributed by atoms with Crippen LogP contribution in [0.25, 0.3) is 17.1 Å². The largest absolute Gasteiger partial charge is 0.352 e. The lowest BCUT2D eigenvalue weighted by Crippen LogP contribution is -2.23. The van der Waals surface area contributed by atoms with Crippen LogP contribution in [0.5, 0.6) is 0 Å². The van der Waals surface area contributed by atoms with Crippen LogP contribution in [-0.2, 0) is 16.1 Å². The molecule has 0 saturated carbocycles. The summed E-state index contributed by atoms with van der Waals surface area (Å²) in [4.78, 5) is 34.2. The van der Waals surface area contributed by atoms with Crippen LogP contribution in [-0.4, -0.2) is 32.9 Å². The lowest BCUT2D eigenvalue weighted by atomic mass is 10.3. The molecule has 0 saturated heterocycles. The fourth-order valence-corrected chi connectivity index (χ4v) is 4.21. The van der Waals surface area contributed by atoms with Crippen LogP contribution < -0.4 is 10.2 Å². The van der Waals surface area contributed by atoms with Gasteiger partial charge in [-0.25, -0.2) is 14.4 Å². The summed E-state index contributed by atoms with van der Waals surface area (Å²) in [6.45, 7) is 2.61. The van der Waals surface area contributed by atoms with Crippen molar-refractivity contribution >= 4 is 51.1 Å². The summed E-state index contributed by atoms with van der Waals surface area (Å²) < 4.78 is 16.2. The fraction of sp³-hybridized carbons (Fsp3) is 0.167. The predicted molar refractivity (Wildman–Crippen MR) is 128 cm³/mol. The van der Waals surface area contributed by atoms with Gasteiger partial charge < -0.3 is 9.88 Å². The average Bonchev–Trinajstić information content (AvgIpc) is 3.44. The Hall–Kier alpha value is -3.85. The Bertz CT molecular complexity index is 1310. The number of hydrogen-bond acceptors (Lipinski definition) is 5. The highest BCUT2D eigenvalue weighted by Crippen LogP contribution is 2.30. The van der Waals surface area contributed by atoms with Crippen LogP contribution in [0, 0.1) is 5.82 Å². The van der Waals surface area contributed by atoms with E-state index >= 15 is 0 Å². The Labute approximate surface area is 194 Å². The minimum absolute atomic E-state index is 0.137. The molecule has 0 aliphatic heterocycles. The number of hydrogen-bond donors (Lipinski definition) is 1. The average molecular weight is 464 g/mol. The number of nitrogens with one attached hydrogen (secondary N) is 1. The van der Waals surface area contributed by atoms with E-state index in [1.165, 1.54) is 41.4 Å². The van der Waals surface area contributed by atoms with E-state index in [1.54, 1.807) is 29.9 Å². The molecule has 2 aromatic heterocycles. The SMILES string of the molecule is CC(=O)N(c1nc(/C=C/C(=O)NCCCn2cnc3ccccc32)cs1)c1ccccc1F.